The van der Waals surface area contributed by atoms with Gasteiger partial charge in [0, 0.05) is 12.7 Å². The van der Waals surface area contributed by atoms with Gasteiger partial charge in [0.1, 0.15) is 11.9 Å². The van der Waals surface area contributed by atoms with Gasteiger partial charge in [0.25, 0.3) is 0 Å². The molecule has 0 spiro atoms. The molecule has 0 aliphatic carbocycles. The van der Waals surface area contributed by atoms with Crippen molar-refractivity contribution in [2.45, 2.75) is 26.4 Å². The normalized spacial score (nSPS) is 21.0. The first-order valence-corrected chi connectivity index (χ1v) is 4.72. The third-order valence-corrected chi connectivity index (χ3v) is 2.19. The van der Waals surface area contributed by atoms with Gasteiger partial charge in [-0.2, -0.15) is 0 Å². The number of piperidine rings is 1. The molecule has 0 aromatic carbocycles. The van der Waals surface area contributed by atoms with Crippen LogP contribution >= 0.6 is 0 Å². The highest BCUT2D eigenvalue weighted by molar-refractivity contribution is 5.15. The lowest BCUT2D eigenvalue weighted by atomic mass is 10.1. The molecular weight excluding hydrogens is 176 g/mol. The second kappa shape index (κ2) is 5.60. The van der Waals surface area contributed by atoms with Crippen molar-refractivity contribution in [1.82, 2.24) is 10.3 Å². The summed E-state index contributed by atoms with van der Waals surface area (Å²) in [6.45, 7) is 2.07. The quantitative estimate of drug-likeness (QED) is 0.780. The molecule has 78 valence electrons. The first kappa shape index (κ1) is 11.0. The summed E-state index contributed by atoms with van der Waals surface area (Å²) in [7, 11) is 0. The lowest BCUT2D eigenvalue weighted by Gasteiger charge is -2.23. The van der Waals surface area contributed by atoms with Gasteiger partial charge in [-0.3, -0.25) is 4.98 Å². The molecule has 2 rings (SSSR count). The Hall–Kier alpha value is -1.09. The van der Waals surface area contributed by atoms with Crippen LogP contribution in [0.25, 0.3) is 0 Å². The summed E-state index contributed by atoms with van der Waals surface area (Å²) in [6.07, 6.45) is 6.17. The zero-order valence-electron chi connectivity index (χ0n) is 7.57. The fraction of sp³-hybridized carbons (Fsp3) is 0.545. The van der Waals surface area contributed by atoms with E-state index in [1.165, 1.54) is 6.42 Å². The van der Waals surface area contributed by atoms with Crippen LogP contribution in [0.1, 0.15) is 20.3 Å². The van der Waals surface area contributed by atoms with Crippen LogP contribution in [0.3, 0.4) is 0 Å². The second-order valence-electron chi connectivity index (χ2n) is 3.27. The van der Waals surface area contributed by atoms with Gasteiger partial charge in [-0.1, -0.05) is 7.43 Å². The van der Waals surface area contributed by atoms with Crippen molar-refractivity contribution in [1.29, 1.82) is 0 Å². The average molecular weight is 194 g/mol. The number of nitrogens with one attached hydrogen (secondary N) is 1. The van der Waals surface area contributed by atoms with Gasteiger partial charge in [-0.05, 0) is 31.5 Å². The Bertz CT molecular complexity index is 245. The predicted molar refractivity (Wildman–Crippen MR) is 57.5 cm³/mol. The number of rotatable bonds is 2. The summed E-state index contributed by atoms with van der Waals surface area (Å²) in [5.74, 6) is 0.871. The maximum absolute atomic E-state index is 5.73. The number of ether oxygens (including phenoxy) is 1. The third-order valence-electron chi connectivity index (χ3n) is 2.19. The number of pyridine rings is 1. The molecule has 1 atom stereocenters. The van der Waals surface area contributed by atoms with Crippen LogP contribution in [-0.2, 0) is 0 Å². The fourth-order valence-electron chi connectivity index (χ4n) is 1.53. The van der Waals surface area contributed by atoms with E-state index in [0.717, 1.165) is 25.3 Å². The van der Waals surface area contributed by atoms with Gasteiger partial charge >= 0.3 is 0 Å². The number of aromatic nitrogens is 1. The van der Waals surface area contributed by atoms with E-state index in [1.54, 1.807) is 12.4 Å². The predicted octanol–water partition coefficient (Wildman–Crippen LogP) is 1.85. The van der Waals surface area contributed by atoms with E-state index < -0.39 is 0 Å². The minimum absolute atomic E-state index is 0. The molecule has 1 aromatic rings. The van der Waals surface area contributed by atoms with Gasteiger partial charge in [0.15, 0.2) is 0 Å². The van der Waals surface area contributed by atoms with E-state index in [1.807, 2.05) is 12.1 Å². The maximum Gasteiger partial charge on any atom is 0.138 e. The summed E-state index contributed by atoms with van der Waals surface area (Å²) in [5.41, 5.74) is 0. The van der Waals surface area contributed by atoms with E-state index in [2.05, 4.69) is 10.3 Å². The van der Waals surface area contributed by atoms with Crippen molar-refractivity contribution in [3.05, 3.63) is 24.5 Å². The first-order valence-electron chi connectivity index (χ1n) is 4.72. The lowest BCUT2D eigenvalue weighted by Crippen LogP contribution is -2.37. The van der Waals surface area contributed by atoms with Crippen molar-refractivity contribution in [2.24, 2.45) is 0 Å². The van der Waals surface area contributed by atoms with Gasteiger partial charge in [-0.25, -0.2) is 0 Å². The number of nitrogens with zero attached hydrogens (tertiary/aromatic N) is 1. The molecule has 1 saturated heterocycles. The summed E-state index contributed by atoms with van der Waals surface area (Å²) < 4.78 is 5.73. The number of hydrogen-bond donors (Lipinski definition) is 1. The Morgan fingerprint density at radius 1 is 1.50 bits per heavy atom. The Labute approximate surface area is 85.5 Å². The van der Waals surface area contributed by atoms with Gasteiger partial charge in [0.2, 0.25) is 0 Å². The summed E-state index contributed by atoms with van der Waals surface area (Å²) >= 11 is 0. The molecule has 3 heteroatoms. The fourth-order valence-corrected chi connectivity index (χ4v) is 1.53. The van der Waals surface area contributed by atoms with Gasteiger partial charge < -0.3 is 10.1 Å². The van der Waals surface area contributed by atoms with Gasteiger partial charge in [-0.15, -0.1) is 0 Å². The monoisotopic (exact) mass is 194 g/mol. The zero-order chi connectivity index (χ0) is 8.93. The van der Waals surface area contributed by atoms with Crippen LogP contribution in [-0.4, -0.2) is 24.2 Å². The molecule has 1 aliphatic rings. The summed E-state index contributed by atoms with van der Waals surface area (Å²) in [5, 5.41) is 3.31. The number of hydrogen-bond acceptors (Lipinski definition) is 3. The van der Waals surface area contributed by atoms with Crippen LogP contribution in [0.15, 0.2) is 24.5 Å². The molecule has 1 unspecified atom stereocenters. The van der Waals surface area contributed by atoms with Crippen molar-refractivity contribution in [2.75, 3.05) is 13.1 Å². The third kappa shape index (κ3) is 3.00. The van der Waals surface area contributed by atoms with Crippen molar-refractivity contribution in [3.63, 3.8) is 0 Å². The van der Waals surface area contributed by atoms with Crippen molar-refractivity contribution < 1.29 is 4.74 Å². The van der Waals surface area contributed by atoms with Crippen LogP contribution in [0.2, 0.25) is 0 Å². The second-order valence-corrected chi connectivity index (χ2v) is 3.27. The molecule has 0 radical (unpaired) electrons. The first-order chi connectivity index (χ1) is 6.45. The van der Waals surface area contributed by atoms with Crippen LogP contribution in [0, 0.1) is 0 Å². The lowest BCUT2D eigenvalue weighted by molar-refractivity contribution is 0.166. The van der Waals surface area contributed by atoms with E-state index in [0.29, 0.717) is 6.10 Å². The average Bonchev–Trinajstić information content (AvgIpc) is 2.21. The van der Waals surface area contributed by atoms with E-state index in [-0.39, 0.29) is 7.43 Å². The Kier molecular flexibility index (Phi) is 4.40. The molecule has 1 N–H and O–H groups in total. The standard InChI is InChI=1S/C10H14N2O.CH4/c1-3-9(7-11-5-1)13-10-4-2-6-12-8-10;/h1,3,5,7,10,12H,2,4,6,8H2;1H4. The van der Waals surface area contributed by atoms with E-state index >= 15 is 0 Å². The summed E-state index contributed by atoms with van der Waals surface area (Å²) in [4.78, 5) is 4.00. The Morgan fingerprint density at radius 3 is 3.07 bits per heavy atom. The zero-order valence-corrected chi connectivity index (χ0v) is 7.57. The van der Waals surface area contributed by atoms with Crippen LogP contribution in [0.5, 0.6) is 5.75 Å². The molecule has 3 nitrogen and oxygen atoms in total. The molecule has 1 aliphatic heterocycles. The van der Waals surface area contributed by atoms with Crippen LogP contribution < -0.4 is 10.1 Å². The molecule has 1 aromatic heterocycles. The van der Waals surface area contributed by atoms with Gasteiger partial charge in [0.05, 0.1) is 6.20 Å². The minimum atomic E-state index is 0. The smallest absolute Gasteiger partial charge is 0.138 e. The molecule has 14 heavy (non-hydrogen) atoms. The molecular formula is C11H18N2O. The molecule has 2 heterocycles. The Morgan fingerprint density at radius 2 is 2.43 bits per heavy atom. The highest BCUT2D eigenvalue weighted by Crippen LogP contribution is 2.13. The Balaban J connectivity index is 0.000000980. The van der Waals surface area contributed by atoms with Crippen LogP contribution in [0.4, 0.5) is 0 Å². The maximum atomic E-state index is 5.73. The highest BCUT2D eigenvalue weighted by atomic mass is 16.5. The SMILES string of the molecule is C.c1cncc(OC2CCCNC2)c1. The van der Waals surface area contributed by atoms with Crippen molar-refractivity contribution >= 4 is 0 Å². The topological polar surface area (TPSA) is 34.1 Å². The molecule has 0 saturated carbocycles. The van der Waals surface area contributed by atoms with E-state index in [9.17, 15) is 0 Å². The van der Waals surface area contributed by atoms with E-state index in [4.69, 9.17) is 4.74 Å². The molecule has 1 fully saturated rings. The largest absolute Gasteiger partial charge is 0.487 e. The molecule has 0 bridgehead atoms. The molecule has 0 amide bonds. The minimum Gasteiger partial charge on any atom is -0.487 e. The highest BCUT2D eigenvalue weighted by Gasteiger charge is 2.13. The van der Waals surface area contributed by atoms with Crippen molar-refractivity contribution in [3.8, 4) is 5.75 Å². The summed E-state index contributed by atoms with van der Waals surface area (Å²) in [6, 6.07) is 3.84.